The largest absolute Gasteiger partial charge is 0.339 e. The molecule has 3 atom stereocenters. The van der Waals surface area contributed by atoms with E-state index in [4.69, 9.17) is 0 Å². The third kappa shape index (κ3) is 3.05. The summed E-state index contributed by atoms with van der Waals surface area (Å²) in [5.41, 5.74) is 2.34. The van der Waals surface area contributed by atoms with Gasteiger partial charge in [-0.3, -0.25) is 9.59 Å². The van der Waals surface area contributed by atoms with Gasteiger partial charge < -0.3 is 14.7 Å². The van der Waals surface area contributed by atoms with Gasteiger partial charge in [-0.2, -0.15) is 0 Å². The minimum absolute atomic E-state index is 0.0285. The standard InChI is InChI=1S/C19H27N3O2/c1-13-10-21(12-18(13)20(3)4)19(24)17-9-15-7-5-6-8-16(15)11-22(17)14(2)23/h5-8,13,17-18H,9-12H2,1-4H3. The lowest BCUT2D eigenvalue weighted by Gasteiger charge is -2.37. The smallest absolute Gasteiger partial charge is 0.245 e. The normalized spacial score (nSPS) is 26.6. The molecule has 2 aliphatic rings. The number of amides is 2. The summed E-state index contributed by atoms with van der Waals surface area (Å²) < 4.78 is 0. The van der Waals surface area contributed by atoms with Crippen molar-refractivity contribution in [3.63, 3.8) is 0 Å². The fourth-order valence-corrected chi connectivity index (χ4v) is 4.09. The number of likely N-dealkylation sites (N-methyl/N-ethyl adjacent to an activating group) is 1. The molecule has 3 rings (SSSR count). The maximum atomic E-state index is 13.2. The predicted molar refractivity (Wildman–Crippen MR) is 93.4 cm³/mol. The van der Waals surface area contributed by atoms with Crippen molar-refractivity contribution in [1.29, 1.82) is 0 Å². The van der Waals surface area contributed by atoms with E-state index in [0.29, 0.717) is 24.9 Å². The Hall–Kier alpha value is -1.88. The van der Waals surface area contributed by atoms with Crippen molar-refractivity contribution in [2.24, 2.45) is 5.92 Å². The molecular weight excluding hydrogens is 302 g/mol. The molecule has 5 nitrogen and oxygen atoms in total. The lowest BCUT2D eigenvalue weighted by atomic mass is 9.93. The van der Waals surface area contributed by atoms with Crippen LogP contribution in [0.1, 0.15) is 25.0 Å². The summed E-state index contributed by atoms with van der Waals surface area (Å²) in [6.07, 6.45) is 0.617. The van der Waals surface area contributed by atoms with Crippen LogP contribution in [0, 0.1) is 5.92 Å². The molecule has 0 spiro atoms. The molecule has 1 aromatic rings. The highest BCUT2D eigenvalue weighted by atomic mass is 16.2. The topological polar surface area (TPSA) is 43.9 Å². The molecule has 1 aromatic carbocycles. The Morgan fingerprint density at radius 3 is 2.38 bits per heavy atom. The highest BCUT2D eigenvalue weighted by molar-refractivity contribution is 5.88. The van der Waals surface area contributed by atoms with Gasteiger partial charge in [0.2, 0.25) is 11.8 Å². The first-order valence-electron chi connectivity index (χ1n) is 8.67. The summed E-state index contributed by atoms with van der Waals surface area (Å²) in [4.78, 5) is 31.1. The van der Waals surface area contributed by atoms with E-state index in [1.165, 1.54) is 5.56 Å². The molecule has 3 unspecified atom stereocenters. The highest BCUT2D eigenvalue weighted by Gasteiger charge is 2.40. The molecule has 0 saturated carbocycles. The second-order valence-corrected chi connectivity index (χ2v) is 7.39. The predicted octanol–water partition coefficient (Wildman–Crippen LogP) is 1.37. The summed E-state index contributed by atoms with van der Waals surface area (Å²) in [5.74, 6) is 0.515. The maximum Gasteiger partial charge on any atom is 0.245 e. The number of fused-ring (bicyclic) bond motifs is 1. The van der Waals surface area contributed by atoms with Crippen molar-refractivity contribution in [2.45, 2.75) is 38.9 Å². The summed E-state index contributed by atoms with van der Waals surface area (Å²) in [6, 6.07) is 8.13. The lowest BCUT2D eigenvalue weighted by molar-refractivity contribution is -0.145. The van der Waals surface area contributed by atoms with Crippen LogP contribution in [0.5, 0.6) is 0 Å². The molecule has 2 amide bonds. The van der Waals surface area contributed by atoms with Crippen molar-refractivity contribution in [3.05, 3.63) is 35.4 Å². The van der Waals surface area contributed by atoms with E-state index in [9.17, 15) is 9.59 Å². The minimum Gasteiger partial charge on any atom is -0.339 e. The van der Waals surface area contributed by atoms with Crippen molar-refractivity contribution in [2.75, 3.05) is 27.2 Å². The Bertz CT molecular complexity index is 643. The number of carbonyl (C=O) groups excluding carboxylic acids is 2. The first-order valence-corrected chi connectivity index (χ1v) is 8.67. The zero-order chi connectivity index (χ0) is 17.4. The van der Waals surface area contributed by atoms with E-state index in [0.717, 1.165) is 18.7 Å². The molecule has 5 heteroatoms. The van der Waals surface area contributed by atoms with Crippen LogP contribution in [0.25, 0.3) is 0 Å². The van der Waals surface area contributed by atoms with Crippen molar-refractivity contribution in [3.8, 4) is 0 Å². The fraction of sp³-hybridized carbons (Fsp3) is 0.579. The average Bonchev–Trinajstić information content (AvgIpc) is 2.95. The Morgan fingerprint density at radius 2 is 1.79 bits per heavy atom. The van der Waals surface area contributed by atoms with Gasteiger partial charge in [-0.1, -0.05) is 31.2 Å². The molecule has 0 aromatic heterocycles. The van der Waals surface area contributed by atoms with Crippen LogP contribution in [0.3, 0.4) is 0 Å². The summed E-state index contributed by atoms with van der Waals surface area (Å²) in [6.45, 7) is 5.80. The quantitative estimate of drug-likeness (QED) is 0.823. The second kappa shape index (κ2) is 6.55. The van der Waals surface area contributed by atoms with E-state index in [-0.39, 0.29) is 17.9 Å². The maximum absolute atomic E-state index is 13.2. The second-order valence-electron chi connectivity index (χ2n) is 7.39. The molecule has 0 aliphatic carbocycles. The van der Waals surface area contributed by atoms with Crippen LogP contribution in [-0.4, -0.2) is 65.8 Å². The molecule has 0 radical (unpaired) electrons. The molecule has 1 saturated heterocycles. The molecule has 24 heavy (non-hydrogen) atoms. The zero-order valence-corrected chi connectivity index (χ0v) is 15.0. The molecule has 2 heterocycles. The van der Waals surface area contributed by atoms with Crippen molar-refractivity contribution in [1.82, 2.24) is 14.7 Å². The van der Waals surface area contributed by atoms with Gasteiger partial charge in [-0.05, 0) is 31.1 Å². The number of nitrogens with zero attached hydrogens (tertiary/aromatic N) is 3. The van der Waals surface area contributed by atoms with Crippen LogP contribution in [-0.2, 0) is 22.6 Å². The summed E-state index contributed by atoms with van der Waals surface area (Å²) in [5, 5.41) is 0. The van der Waals surface area contributed by atoms with Gasteiger partial charge in [0.15, 0.2) is 0 Å². The number of hydrogen-bond donors (Lipinski definition) is 0. The summed E-state index contributed by atoms with van der Waals surface area (Å²) >= 11 is 0. The Morgan fingerprint density at radius 1 is 1.12 bits per heavy atom. The van der Waals surface area contributed by atoms with Crippen molar-refractivity contribution < 1.29 is 9.59 Å². The van der Waals surface area contributed by atoms with Crippen LogP contribution >= 0.6 is 0 Å². The van der Waals surface area contributed by atoms with E-state index < -0.39 is 0 Å². The third-order valence-corrected chi connectivity index (χ3v) is 5.49. The Balaban J connectivity index is 1.82. The summed E-state index contributed by atoms with van der Waals surface area (Å²) in [7, 11) is 4.13. The van der Waals surface area contributed by atoms with E-state index in [1.807, 2.05) is 23.1 Å². The fourth-order valence-electron chi connectivity index (χ4n) is 4.09. The molecular formula is C19H27N3O2. The van der Waals surface area contributed by atoms with Crippen LogP contribution < -0.4 is 0 Å². The Labute approximate surface area is 144 Å². The minimum atomic E-state index is -0.370. The molecule has 0 bridgehead atoms. The van der Waals surface area contributed by atoms with Crippen LogP contribution in [0.4, 0.5) is 0 Å². The van der Waals surface area contributed by atoms with Gasteiger partial charge in [0, 0.05) is 39.0 Å². The van der Waals surface area contributed by atoms with Crippen molar-refractivity contribution >= 4 is 11.8 Å². The first-order chi connectivity index (χ1) is 11.4. The van der Waals surface area contributed by atoms with E-state index in [2.05, 4.69) is 32.0 Å². The zero-order valence-electron chi connectivity index (χ0n) is 15.0. The highest BCUT2D eigenvalue weighted by Crippen LogP contribution is 2.27. The monoisotopic (exact) mass is 329 g/mol. The van der Waals surface area contributed by atoms with Gasteiger partial charge in [0.25, 0.3) is 0 Å². The molecule has 2 aliphatic heterocycles. The lowest BCUT2D eigenvalue weighted by Crippen LogP contribution is -2.53. The first kappa shape index (κ1) is 17.0. The molecule has 1 fully saturated rings. The van der Waals surface area contributed by atoms with E-state index >= 15 is 0 Å². The van der Waals surface area contributed by atoms with Gasteiger partial charge in [0.05, 0.1) is 0 Å². The molecule has 130 valence electrons. The number of likely N-dealkylation sites (tertiary alicyclic amines) is 1. The van der Waals surface area contributed by atoms with Crippen LogP contribution in [0.15, 0.2) is 24.3 Å². The van der Waals surface area contributed by atoms with Gasteiger partial charge >= 0.3 is 0 Å². The van der Waals surface area contributed by atoms with Gasteiger partial charge in [0.1, 0.15) is 6.04 Å². The number of hydrogen-bond acceptors (Lipinski definition) is 3. The average molecular weight is 329 g/mol. The third-order valence-electron chi connectivity index (χ3n) is 5.49. The number of benzene rings is 1. The Kier molecular flexibility index (Phi) is 4.63. The molecule has 0 N–H and O–H groups in total. The van der Waals surface area contributed by atoms with E-state index in [1.54, 1.807) is 11.8 Å². The number of rotatable bonds is 2. The van der Waals surface area contributed by atoms with Gasteiger partial charge in [-0.25, -0.2) is 0 Å². The van der Waals surface area contributed by atoms with Crippen LogP contribution in [0.2, 0.25) is 0 Å². The van der Waals surface area contributed by atoms with Gasteiger partial charge in [-0.15, -0.1) is 0 Å². The number of carbonyl (C=O) groups is 2. The SMILES string of the molecule is CC(=O)N1Cc2ccccc2CC1C(=O)N1CC(C)C(N(C)C)C1.